The third-order valence-corrected chi connectivity index (χ3v) is 4.19. The van der Waals surface area contributed by atoms with Crippen molar-refractivity contribution < 1.29 is 4.74 Å². The van der Waals surface area contributed by atoms with Crippen LogP contribution in [0.1, 0.15) is 4.88 Å². The summed E-state index contributed by atoms with van der Waals surface area (Å²) in [6.07, 6.45) is 4.69. The second-order valence-electron chi connectivity index (χ2n) is 4.22. The maximum atomic E-state index is 5.70. The Kier molecular flexibility index (Phi) is 3.23. The average molecular weight is 273 g/mol. The van der Waals surface area contributed by atoms with Gasteiger partial charge in [-0.1, -0.05) is 0 Å². The quantitative estimate of drug-likeness (QED) is 0.795. The summed E-state index contributed by atoms with van der Waals surface area (Å²) in [5.41, 5.74) is 8.05. The summed E-state index contributed by atoms with van der Waals surface area (Å²) >= 11 is 1.70. The van der Waals surface area contributed by atoms with E-state index >= 15 is 0 Å². The number of aromatic nitrogens is 2. The van der Waals surface area contributed by atoms with Crippen LogP contribution in [0.15, 0.2) is 36.7 Å². The molecule has 0 fully saturated rings. The minimum Gasteiger partial charge on any atom is -0.497 e. The van der Waals surface area contributed by atoms with Gasteiger partial charge in [-0.2, -0.15) is 0 Å². The van der Waals surface area contributed by atoms with Crippen LogP contribution in [0.5, 0.6) is 5.75 Å². The highest BCUT2D eigenvalue weighted by Crippen LogP contribution is 2.32. The number of hydrogen-bond donors (Lipinski definition) is 1. The lowest BCUT2D eigenvalue weighted by molar-refractivity contribution is 0.415. The van der Waals surface area contributed by atoms with Crippen LogP contribution in [-0.4, -0.2) is 23.0 Å². The van der Waals surface area contributed by atoms with Crippen LogP contribution in [0, 0.1) is 0 Å². The summed E-state index contributed by atoms with van der Waals surface area (Å²) in [5.74, 6) is 0.862. The van der Waals surface area contributed by atoms with E-state index in [1.807, 2.05) is 24.5 Å². The molecule has 4 nitrogen and oxygen atoms in total. The zero-order valence-electron chi connectivity index (χ0n) is 10.7. The van der Waals surface area contributed by atoms with Crippen LogP contribution in [0.4, 0.5) is 0 Å². The van der Waals surface area contributed by atoms with Crippen LogP contribution < -0.4 is 10.5 Å². The fraction of sp³-hybridized carbons (Fsp3) is 0.214. The zero-order valence-corrected chi connectivity index (χ0v) is 11.5. The molecule has 0 radical (unpaired) electrons. The lowest BCUT2D eigenvalue weighted by Crippen LogP contribution is -2.02. The minimum absolute atomic E-state index is 0.646. The third-order valence-electron chi connectivity index (χ3n) is 3.06. The fourth-order valence-electron chi connectivity index (χ4n) is 2.18. The highest BCUT2D eigenvalue weighted by molar-refractivity contribution is 7.17. The Hall–Kier alpha value is -1.85. The highest BCUT2D eigenvalue weighted by Gasteiger charge is 2.14. The number of methoxy groups -OCH3 is 1. The van der Waals surface area contributed by atoms with E-state index in [0.717, 1.165) is 22.7 Å². The Morgan fingerprint density at radius 3 is 2.79 bits per heavy atom. The molecule has 2 heterocycles. The Morgan fingerprint density at radius 1 is 1.32 bits per heavy atom. The van der Waals surface area contributed by atoms with Gasteiger partial charge in [-0.05, 0) is 42.8 Å². The standard InChI is InChI=1S/C14H15N3OS/c1-18-11-4-2-10(3-5-11)13-12(6-7-15)19-14-16-8-9-17(13)14/h2-5,8-9H,6-7,15H2,1H3. The highest BCUT2D eigenvalue weighted by atomic mass is 32.1. The average Bonchev–Trinajstić information content (AvgIpc) is 3.00. The number of ether oxygens (including phenoxy) is 1. The molecule has 0 atom stereocenters. The van der Waals surface area contributed by atoms with E-state index < -0.39 is 0 Å². The van der Waals surface area contributed by atoms with Crippen LogP contribution in [0.3, 0.4) is 0 Å². The Bertz CT molecular complexity index is 684. The monoisotopic (exact) mass is 273 g/mol. The van der Waals surface area contributed by atoms with E-state index in [0.29, 0.717) is 6.54 Å². The molecule has 98 valence electrons. The van der Waals surface area contributed by atoms with Gasteiger partial charge >= 0.3 is 0 Å². The lowest BCUT2D eigenvalue weighted by Gasteiger charge is -2.05. The molecule has 0 amide bonds. The first-order chi connectivity index (χ1) is 9.33. The molecule has 0 saturated carbocycles. The van der Waals surface area contributed by atoms with Crippen molar-refractivity contribution in [2.45, 2.75) is 6.42 Å². The first-order valence-corrected chi connectivity index (χ1v) is 6.94. The van der Waals surface area contributed by atoms with E-state index in [4.69, 9.17) is 10.5 Å². The summed E-state index contributed by atoms with van der Waals surface area (Å²) in [6, 6.07) is 8.09. The molecule has 19 heavy (non-hydrogen) atoms. The van der Waals surface area contributed by atoms with Crippen molar-refractivity contribution in [3.63, 3.8) is 0 Å². The molecule has 3 aromatic rings. The van der Waals surface area contributed by atoms with Crippen molar-refractivity contribution in [1.29, 1.82) is 0 Å². The molecule has 0 unspecified atom stereocenters. The number of nitrogens with two attached hydrogens (primary N) is 1. The number of nitrogens with zero attached hydrogens (tertiary/aromatic N) is 2. The predicted octanol–water partition coefficient (Wildman–Crippen LogP) is 2.57. The molecule has 0 aliphatic rings. The van der Waals surface area contributed by atoms with Crippen molar-refractivity contribution in [3.8, 4) is 17.0 Å². The Morgan fingerprint density at radius 2 is 2.11 bits per heavy atom. The summed E-state index contributed by atoms with van der Waals surface area (Å²) < 4.78 is 7.32. The van der Waals surface area contributed by atoms with E-state index in [-0.39, 0.29) is 0 Å². The molecule has 2 N–H and O–H groups in total. The summed E-state index contributed by atoms with van der Waals surface area (Å²) in [7, 11) is 1.67. The molecular formula is C14H15N3OS. The number of fused-ring (bicyclic) bond motifs is 1. The molecule has 0 aliphatic carbocycles. The maximum absolute atomic E-state index is 5.70. The van der Waals surface area contributed by atoms with Crippen LogP contribution in [-0.2, 0) is 6.42 Å². The van der Waals surface area contributed by atoms with Gasteiger partial charge in [0.15, 0.2) is 4.96 Å². The molecule has 0 bridgehead atoms. The Labute approximate surface area is 115 Å². The molecule has 1 aromatic carbocycles. The van der Waals surface area contributed by atoms with Crippen LogP contribution >= 0.6 is 11.3 Å². The van der Waals surface area contributed by atoms with Gasteiger partial charge in [0.25, 0.3) is 0 Å². The van der Waals surface area contributed by atoms with Gasteiger partial charge in [-0.3, -0.25) is 4.40 Å². The predicted molar refractivity (Wildman–Crippen MR) is 77.8 cm³/mol. The minimum atomic E-state index is 0.646. The molecule has 0 saturated heterocycles. The molecule has 0 aliphatic heterocycles. The van der Waals surface area contributed by atoms with E-state index in [1.54, 1.807) is 18.4 Å². The SMILES string of the molecule is COc1ccc(-c2c(CCN)sc3nccn23)cc1. The van der Waals surface area contributed by atoms with Gasteiger partial charge in [0.05, 0.1) is 12.8 Å². The lowest BCUT2D eigenvalue weighted by atomic mass is 10.1. The van der Waals surface area contributed by atoms with E-state index in [9.17, 15) is 0 Å². The summed E-state index contributed by atoms with van der Waals surface area (Å²) in [6.45, 7) is 0.646. The number of thiazole rings is 1. The second-order valence-corrected chi connectivity index (χ2v) is 5.28. The smallest absolute Gasteiger partial charge is 0.194 e. The number of imidazole rings is 1. The first kappa shape index (κ1) is 12.2. The number of benzene rings is 1. The normalized spacial score (nSPS) is 11.1. The van der Waals surface area contributed by atoms with Crippen molar-refractivity contribution in [3.05, 3.63) is 41.5 Å². The fourth-order valence-corrected chi connectivity index (χ4v) is 3.30. The molecule has 2 aromatic heterocycles. The Balaban J connectivity index is 2.14. The number of hydrogen-bond acceptors (Lipinski definition) is 4. The van der Waals surface area contributed by atoms with Gasteiger partial charge in [0.1, 0.15) is 5.75 Å². The van der Waals surface area contributed by atoms with Crippen LogP contribution in [0.25, 0.3) is 16.2 Å². The van der Waals surface area contributed by atoms with Gasteiger partial charge in [-0.25, -0.2) is 4.98 Å². The van der Waals surface area contributed by atoms with Crippen molar-refractivity contribution in [2.24, 2.45) is 5.73 Å². The van der Waals surface area contributed by atoms with E-state index in [1.165, 1.54) is 10.6 Å². The van der Waals surface area contributed by atoms with Crippen LogP contribution in [0.2, 0.25) is 0 Å². The maximum Gasteiger partial charge on any atom is 0.194 e. The first-order valence-electron chi connectivity index (χ1n) is 6.12. The van der Waals surface area contributed by atoms with E-state index in [2.05, 4.69) is 21.5 Å². The molecule has 0 spiro atoms. The third kappa shape index (κ3) is 2.11. The van der Waals surface area contributed by atoms with Gasteiger partial charge in [0, 0.05) is 17.3 Å². The van der Waals surface area contributed by atoms with Crippen molar-refractivity contribution in [1.82, 2.24) is 9.38 Å². The summed E-state index contributed by atoms with van der Waals surface area (Å²) in [4.78, 5) is 6.64. The van der Waals surface area contributed by atoms with Gasteiger partial charge in [-0.15, -0.1) is 11.3 Å². The molecular weight excluding hydrogens is 258 g/mol. The second kappa shape index (κ2) is 5.03. The summed E-state index contributed by atoms with van der Waals surface area (Å²) in [5, 5.41) is 0. The van der Waals surface area contributed by atoms with Crippen molar-refractivity contribution in [2.75, 3.05) is 13.7 Å². The largest absolute Gasteiger partial charge is 0.497 e. The van der Waals surface area contributed by atoms with Gasteiger partial charge < -0.3 is 10.5 Å². The zero-order chi connectivity index (χ0) is 13.2. The number of rotatable bonds is 4. The topological polar surface area (TPSA) is 52.5 Å². The molecule has 5 heteroatoms. The van der Waals surface area contributed by atoms with Gasteiger partial charge in [0.2, 0.25) is 0 Å². The molecule has 3 rings (SSSR count). The van der Waals surface area contributed by atoms with Crippen molar-refractivity contribution >= 4 is 16.3 Å².